The topological polar surface area (TPSA) is 81.7 Å². The van der Waals surface area contributed by atoms with Crippen molar-refractivity contribution in [2.45, 2.75) is 44.4 Å². The van der Waals surface area contributed by atoms with Crippen LogP contribution in [-0.2, 0) is 12.8 Å². The van der Waals surface area contributed by atoms with E-state index in [1.165, 1.54) is 22.2 Å². The summed E-state index contributed by atoms with van der Waals surface area (Å²) in [6.45, 7) is 4.02. The summed E-state index contributed by atoms with van der Waals surface area (Å²) < 4.78 is 8.91. The Kier molecular flexibility index (Phi) is 5.27. The first-order chi connectivity index (χ1) is 15.0. The van der Waals surface area contributed by atoms with Crippen molar-refractivity contribution in [3.05, 3.63) is 45.1 Å². The summed E-state index contributed by atoms with van der Waals surface area (Å²) in [5.74, 6) is 2.34. The van der Waals surface area contributed by atoms with Crippen molar-refractivity contribution in [2.75, 3.05) is 12.9 Å². The van der Waals surface area contributed by atoms with E-state index in [1.54, 1.807) is 29.9 Å². The van der Waals surface area contributed by atoms with Gasteiger partial charge in [-0.2, -0.15) is 0 Å². The van der Waals surface area contributed by atoms with E-state index in [0.29, 0.717) is 22.6 Å². The average Bonchev–Trinajstić information content (AvgIpc) is 3.33. The molecule has 0 saturated heterocycles. The first-order valence-corrected chi connectivity index (χ1v) is 12.2. The van der Waals surface area contributed by atoms with Crippen LogP contribution in [0.5, 0.6) is 5.75 Å². The molecule has 1 aliphatic rings. The molecule has 9 heteroatoms. The third-order valence-corrected chi connectivity index (χ3v) is 8.12. The second-order valence-electron chi connectivity index (χ2n) is 8.15. The molecule has 0 bridgehead atoms. The fourth-order valence-electron chi connectivity index (χ4n) is 4.15. The lowest BCUT2D eigenvalue weighted by molar-refractivity contribution is 0.220. The van der Waals surface area contributed by atoms with E-state index < -0.39 is 6.10 Å². The van der Waals surface area contributed by atoms with Gasteiger partial charge >= 0.3 is 0 Å². The third-order valence-electron chi connectivity index (χ3n) is 5.71. The van der Waals surface area contributed by atoms with E-state index in [4.69, 9.17) is 4.74 Å². The van der Waals surface area contributed by atoms with Crippen LogP contribution < -0.4 is 10.3 Å². The summed E-state index contributed by atoms with van der Waals surface area (Å²) in [5, 5.41) is 20.0. The Morgan fingerprint density at radius 3 is 2.81 bits per heavy atom. The van der Waals surface area contributed by atoms with Crippen LogP contribution in [0.25, 0.3) is 21.7 Å². The monoisotopic (exact) mass is 456 g/mol. The molecule has 0 fully saturated rings. The van der Waals surface area contributed by atoms with E-state index in [0.717, 1.165) is 40.9 Å². The van der Waals surface area contributed by atoms with Crippen LogP contribution in [0.1, 0.15) is 30.7 Å². The molecule has 0 unspecified atom stereocenters. The van der Waals surface area contributed by atoms with Crippen molar-refractivity contribution >= 4 is 39.1 Å². The van der Waals surface area contributed by atoms with Crippen LogP contribution in [0, 0.1) is 5.92 Å². The fraction of sp³-hybridized carbons (Fsp3) is 0.409. The number of aryl methyl sites for hydroxylation is 1. The van der Waals surface area contributed by atoms with Crippen molar-refractivity contribution < 1.29 is 9.84 Å². The van der Waals surface area contributed by atoms with Gasteiger partial charge in [-0.05, 0) is 61.9 Å². The highest BCUT2D eigenvalue weighted by Gasteiger charge is 2.27. The lowest BCUT2D eigenvalue weighted by atomic mass is 9.89. The number of ether oxygens (including phenoxy) is 1. The zero-order valence-corrected chi connectivity index (χ0v) is 19.3. The highest BCUT2D eigenvalue weighted by Crippen LogP contribution is 2.38. The third kappa shape index (κ3) is 3.44. The highest BCUT2D eigenvalue weighted by atomic mass is 32.2. The second-order valence-corrected chi connectivity index (χ2v) is 10.2. The number of hydrogen-bond donors (Lipinski definition) is 1. The van der Waals surface area contributed by atoms with Crippen LogP contribution in [0.2, 0.25) is 0 Å². The lowest BCUT2D eigenvalue weighted by Crippen LogP contribution is -2.22. The first kappa shape index (κ1) is 20.5. The molecule has 1 aromatic carbocycles. The van der Waals surface area contributed by atoms with Crippen LogP contribution >= 0.6 is 23.1 Å². The summed E-state index contributed by atoms with van der Waals surface area (Å²) >= 11 is 3.14. The van der Waals surface area contributed by atoms with Gasteiger partial charge in [0.1, 0.15) is 10.6 Å². The summed E-state index contributed by atoms with van der Waals surface area (Å²) in [7, 11) is 1.62. The second kappa shape index (κ2) is 7.96. The molecule has 1 N–H and O–H groups in total. The Bertz CT molecular complexity index is 1320. The van der Waals surface area contributed by atoms with E-state index in [2.05, 4.69) is 17.1 Å². The van der Waals surface area contributed by atoms with Crippen molar-refractivity contribution in [1.82, 2.24) is 19.2 Å². The number of nitrogens with zero attached hydrogens (tertiary/aromatic N) is 4. The molecule has 0 spiro atoms. The van der Waals surface area contributed by atoms with Crippen molar-refractivity contribution in [2.24, 2.45) is 5.92 Å². The maximum absolute atomic E-state index is 13.8. The molecule has 3 aromatic heterocycles. The predicted octanol–water partition coefficient (Wildman–Crippen LogP) is 3.70. The minimum absolute atomic E-state index is 0.0563. The van der Waals surface area contributed by atoms with Gasteiger partial charge in [0.25, 0.3) is 5.56 Å². The van der Waals surface area contributed by atoms with Crippen molar-refractivity contribution in [3.8, 4) is 11.4 Å². The maximum atomic E-state index is 13.8. The number of aromatic nitrogens is 4. The molecule has 0 amide bonds. The molecule has 162 valence electrons. The lowest BCUT2D eigenvalue weighted by Gasteiger charge is -2.17. The standard InChI is InChI=1S/C22H24N4O3S2/c1-12-4-9-16-17(10-12)31-20-18(16)19(28)25(14-5-7-15(29-3)8-6-14)21-23-24-22(26(20)21)30-11-13(2)27/h5-8,12-13,27H,4,9-11H2,1-3H3/t12-,13+/m1/s1. The summed E-state index contributed by atoms with van der Waals surface area (Å²) in [6, 6.07) is 7.41. The number of rotatable bonds is 5. The highest BCUT2D eigenvalue weighted by molar-refractivity contribution is 7.99. The number of hydrogen-bond acceptors (Lipinski definition) is 7. The normalized spacial score (nSPS) is 17.2. The molecule has 5 rings (SSSR count). The minimum atomic E-state index is -0.460. The van der Waals surface area contributed by atoms with E-state index in [1.807, 2.05) is 28.7 Å². The van der Waals surface area contributed by atoms with E-state index in [-0.39, 0.29) is 5.56 Å². The molecular formula is C22H24N4O3S2. The average molecular weight is 457 g/mol. The minimum Gasteiger partial charge on any atom is -0.497 e. The zero-order chi connectivity index (χ0) is 21.7. The molecule has 1 aliphatic carbocycles. The number of fused-ring (bicyclic) bond motifs is 5. The van der Waals surface area contributed by atoms with Crippen LogP contribution in [0.3, 0.4) is 0 Å². The molecule has 0 aliphatic heterocycles. The van der Waals surface area contributed by atoms with Gasteiger partial charge in [-0.1, -0.05) is 18.7 Å². The van der Waals surface area contributed by atoms with Gasteiger partial charge in [0.15, 0.2) is 5.16 Å². The largest absolute Gasteiger partial charge is 0.497 e. The number of thiophene rings is 1. The maximum Gasteiger partial charge on any atom is 0.268 e. The zero-order valence-electron chi connectivity index (χ0n) is 17.7. The first-order valence-electron chi connectivity index (χ1n) is 10.4. The van der Waals surface area contributed by atoms with Crippen LogP contribution in [-0.4, -0.2) is 43.2 Å². The molecule has 7 nitrogen and oxygen atoms in total. The number of benzene rings is 1. The predicted molar refractivity (Wildman–Crippen MR) is 124 cm³/mol. The Morgan fingerprint density at radius 2 is 2.10 bits per heavy atom. The molecule has 31 heavy (non-hydrogen) atoms. The van der Waals surface area contributed by atoms with Gasteiger partial charge in [0, 0.05) is 10.6 Å². The summed E-state index contributed by atoms with van der Waals surface area (Å²) in [6.07, 6.45) is 2.54. The van der Waals surface area contributed by atoms with Gasteiger partial charge in [0.2, 0.25) is 5.78 Å². The molecule has 0 radical (unpaired) electrons. The number of thioether (sulfide) groups is 1. The Balaban J connectivity index is 1.83. The van der Waals surface area contributed by atoms with Crippen molar-refractivity contribution in [1.29, 1.82) is 0 Å². The molecule has 3 heterocycles. The Labute approximate surface area is 187 Å². The SMILES string of the molecule is COc1ccc(-n2c(=O)c3c4c(sc3n3c(SC[C@H](C)O)nnc23)C[C@H](C)CC4)cc1. The number of methoxy groups -OCH3 is 1. The quantitative estimate of drug-likeness (QED) is 0.461. The molecule has 0 saturated carbocycles. The number of aliphatic hydroxyl groups is 1. The molecular weight excluding hydrogens is 432 g/mol. The number of aliphatic hydroxyl groups excluding tert-OH is 1. The Hall–Kier alpha value is -2.36. The smallest absolute Gasteiger partial charge is 0.268 e. The van der Waals surface area contributed by atoms with Crippen molar-refractivity contribution in [3.63, 3.8) is 0 Å². The van der Waals surface area contributed by atoms with Gasteiger partial charge in [-0.15, -0.1) is 21.5 Å². The van der Waals surface area contributed by atoms with Gasteiger partial charge in [-0.3, -0.25) is 4.79 Å². The Morgan fingerprint density at radius 1 is 1.32 bits per heavy atom. The van der Waals surface area contributed by atoms with Gasteiger partial charge < -0.3 is 9.84 Å². The molecule has 4 aromatic rings. The molecule has 2 atom stereocenters. The van der Waals surface area contributed by atoms with Crippen LogP contribution in [0.15, 0.2) is 34.2 Å². The van der Waals surface area contributed by atoms with Gasteiger partial charge in [-0.25, -0.2) is 8.97 Å². The van der Waals surface area contributed by atoms with E-state index in [9.17, 15) is 9.90 Å². The summed E-state index contributed by atoms with van der Waals surface area (Å²) in [5.41, 5.74) is 1.84. The fourth-order valence-corrected chi connectivity index (χ4v) is 6.50. The van der Waals surface area contributed by atoms with Crippen LogP contribution in [0.4, 0.5) is 0 Å². The van der Waals surface area contributed by atoms with Gasteiger partial charge in [0.05, 0.1) is 24.3 Å². The van der Waals surface area contributed by atoms with E-state index >= 15 is 0 Å². The summed E-state index contributed by atoms with van der Waals surface area (Å²) in [4.78, 5) is 16.0.